The van der Waals surface area contributed by atoms with Crippen LogP contribution in [0.15, 0.2) is 118 Å². The summed E-state index contributed by atoms with van der Waals surface area (Å²) >= 11 is 6.65. The number of carbonyl (C=O) groups is 6. The monoisotopic (exact) mass is 834 g/mol. The summed E-state index contributed by atoms with van der Waals surface area (Å²) in [6, 6.07) is 27.5. The Balaban J connectivity index is 2.20. The number of benzene rings is 4. The normalized spacial score (nSPS) is 12.6. The maximum Gasteiger partial charge on any atom is 0.326 e. The lowest BCUT2D eigenvalue weighted by atomic mass is 9.48. The molecule has 12 heteroatoms. The van der Waals surface area contributed by atoms with Gasteiger partial charge in [-0.2, -0.15) is 0 Å². The van der Waals surface area contributed by atoms with Crippen LogP contribution >= 0.6 is 31.9 Å². The molecule has 0 heterocycles. The lowest BCUT2D eigenvalue weighted by molar-refractivity contribution is -0.205. The van der Waals surface area contributed by atoms with Crippen LogP contribution in [-0.4, -0.2) is 58.9 Å². The average Bonchev–Trinajstić information content (AvgIpc) is 3.13. The van der Waals surface area contributed by atoms with E-state index in [0.29, 0.717) is 8.95 Å². The van der Waals surface area contributed by atoms with E-state index >= 15 is 0 Å². The topological polar surface area (TPSA) is 161 Å². The molecule has 4 aromatic rings. The van der Waals surface area contributed by atoms with Gasteiger partial charge >= 0.3 is 23.9 Å². The summed E-state index contributed by atoms with van der Waals surface area (Å²) in [7, 11) is 0. The van der Waals surface area contributed by atoms with Crippen molar-refractivity contribution >= 4 is 67.3 Å². The molecule has 2 unspecified atom stereocenters. The Morgan fingerprint density at radius 3 is 1.17 bits per heavy atom. The van der Waals surface area contributed by atoms with Gasteiger partial charge in [0.2, 0.25) is 0 Å². The predicted molar refractivity (Wildman–Crippen MR) is 198 cm³/mol. The fourth-order valence-corrected chi connectivity index (χ4v) is 7.28. The molecule has 0 aromatic heterocycles. The first-order chi connectivity index (χ1) is 24.9. The molecule has 10 nitrogen and oxygen atoms in total. The minimum Gasteiger partial charge on any atom is -0.480 e. The zero-order chi connectivity index (χ0) is 38.1. The maximum atomic E-state index is 14.9. The first-order valence-corrected chi connectivity index (χ1v) is 17.9. The number of esters is 2. The number of Topliss-reactive ketones (excluding diaryl/α,β-unsaturated/α-hetero) is 2. The number of carboxylic acid groups (broad SMARTS) is 2. The number of ether oxygens (including phenoxy) is 2. The molecule has 0 fully saturated rings. The third-order valence-corrected chi connectivity index (χ3v) is 10.1. The largest absolute Gasteiger partial charge is 0.480 e. The van der Waals surface area contributed by atoms with Gasteiger partial charge in [-0.1, -0.05) is 117 Å². The van der Waals surface area contributed by atoms with Gasteiger partial charge in [-0.05, 0) is 49.2 Å². The van der Waals surface area contributed by atoms with Crippen LogP contribution in [0.5, 0.6) is 0 Å². The summed E-state index contributed by atoms with van der Waals surface area (Å²) < 4.78 is 12.3. The summed E-state index contributed by atoms with van der Waals surface area (Å²) in [5, 5.41) is 23.0. The van der Waals surface area contributed by atoms with E-state index in [1.165, 1.54) is 74.5 Å². The van der Waals surface area contributed by atoms with Gasteiger partial charge < -0.3 is 19.7 Å². The van der Waals surface area contributed by atoms with E-state index in [2.05, 4.69) is 31.9 Å². The fraction of sp³-hybridized carbons (Fsp3) is 0.250. The first-order valence-electron chi connectivity index (χ1n) is 16.3. The Bertz CT molecular complexity index is 1880. The van der Waals surface area contributed by atoms with Crippen molar-refractivity contribution in [1.82, 2.24) is 0 Å². The van der Waals surface area contributed by atoms with Gasteiger partial charge in [0, 0.05) is 44.7 Å². The van der Waals surface area contributed by atoms with E-state index in [-0.39, 0.29) is 22.3 Å². The molecule has 0 aliphatic carbocycles. The van der Waals surface area contributed by atoms with Crippen molar-refractivity contribution < 1.29 is 48.5 Å². The zero-order valence-corrected chi connectivity index (χ0v) is 31.5. The van der Waals surface area contributed by atoms with Crippen molar-refractivity contribution in [3.8, 4) is 0 Å². The van der Waals surface area contributed by atoms with Crippen LogP contribution in [0.25, 0.3) is 0 Å². The van der Waals surface area contributed by atoms with Gasteiger partial charge in [-0.25, -0.2) is 0 Å². The Labute approximate surface area is 317 Å². The van der Waals surface area contributed by atoms with Crippen LogP contribution in [0, 0.1) is 10.8 Å². The quantitative estimate of drug-likeness (QED) is 0.0608. The van der Waals surface area contributed by atoms with Crippen molar-refractivity contribution in [1.29, 1.82) is 0 Å². The molecule has 0 aliphatic rings. The van der Waals surface area contributed by atoms with Crippen molar-refractivity contribution in [2.45, 2.75) is 38.5 Å². The molecule has 2 N–H and O–H groups in total. The lowest BCUT2D eigenvalue weighted by Crippen LogP contribution is -2.67. The number of halogens is 2. The van der Waals surface area contributed by atoms with E-state index in [4.69, 9.17) is 9.47 Å². The van der Waals surface area contributed by atoms with Gasteiger partial charge in [-0.3, -0.25) is 28.8 Å². The smallest absolute Gasteiger partial charge is 0.326 e. The highest BCUT2D eigenvalue weighted by Crippen LogP contribution is 2.60. The first kappa shape index (κ1) is 39.8. The van der Waals surface area contributed by atoms with Crippen LogP contribution in [0.1, 0.15) is 70.4 Å². The Morgan fingerprint density at radius 2 is 0.865 bits per heavy atom. The standard InChI is InChI=1S/C40H36Br2O10/c1-3-51-37(49)40(38(50)52-4-2,32(26-13-9-6-10-14-26)24-34(44)28-17-21-30(42)22-18-28)39(35(45)46,36(47)48)31(25-11-7-5-8-12-25)23-33(43)27-15-19-29(41)20-16-27/h5-22,31-32H,3-4,23-24H2,1-2H3,(H,45,46)(H,47,48). The van der Waals surface area contributed by atoms with Gasteiger partial charge in [0.1, 0.15) is 0 Å². The number of ketones is 2. The summed E-state index contributed by atoms with van der Waals surface area (Å²) in [5.41, 5.74) is -6.43. The minimum atomic E-state index is -3.52. The lowest BCUT2D eigenvalue weighted by Gasteiger charge is -2.48. The second-order valence-electron chi connectivity index (χ2n) is 11.9. The van der Waals surface area contributed by atoms with Gasteiger partial charge in [0.25, 0.3) is 0 Å². The molecule has 0 bridgehead atoms. The molecule has 4 aromatic carbocycles. The number of rotatable bonds is 17. The molecule has 270 valence electrons. The van der Waals surface area contributed by atoms with Crippen LogP contribution in [-0.2, 0) is 28.7 Å². The van der Waals surface area contributed by atoms with Crippen molar-refractivity contribution in [2.75, 3.05) is 13.2 Å². The van der Waals surface area contributed by atoms with Crippen LogP contribution in [0.4, 0.5) is 0 Å². The molecule has 2 atom stereocenters. The number of aliphatic carboxylic acids is 2. The highest BCUT2D eigenvalue weighted by molar-refractivity contribution is 9.10. The van der Waals surface area contributed by atoms with Crippen LogP contribution in [0.2, 0.25) is 0 Å². The van der Waals surface area contributed by atoms with E-state index < -0.39 is 84.2 Å². The highest BCUT2D eigenvalue weighted by Gasteiger charge is 2.78. The van der Waals surface area contributed by atoms with E-state index in [0.717, 1.165) is 0 Å². The molecular formula is C40H36Br2O10. The number of carboxylic acids is 2. The van der Waals surface area contributed by atoms with Crippen molar-refractivity contribution in [3.05, 3.63) is 140 Å². The minimum absolute atomic E-state index is 0.0294. The third kappa shape index (κ3) is 7.78. The fourth-order valence-electron chi connectivity index (χ4n) is 6.75. The van der Waals surface area contributed by atoms with Gasteiger partial charge in [0.15, 0.2) is 22.4 Å². The number of hydrogen-bond acceptors (Lipinski definition) is 8. The van der Waals surface area contributed by atoms with Crippen LogP contribution < -0.4 is 0 Å². The Morgan fingerprint density at radius 1 is 0.538 bits per heavy atom. The van der Waals surface area contributed by atoms with E-state index in [1.54, 1.807) is 48.5 Å². The third-order valence-electron chi connectivity index (χ3n) is 9.05. The summed E-state index contributed by atoms with van der Waals surface area (Å²) in [4.78, 5) is 86.5. The molecule has 0 amide bonds. The molecule has 0 radical (unpaired) electrons. The van der Waals surface area contributed by atoms with E-state index in [9.17, 15) is 39.0 Å². The summed E-state index contributed by atoms with van der Waals surface area (Å²) in [6.07, 6.45) is -1.51. The van der Waals surface area contributed by atoms with Crippen molar-refractivity contribution in [3.63, 3.8) is 0 Å². The van der Waals surface area contributed by atoms with Crippen LogP contribution in [0.3, 0.4) is 0 Å². The summed E-state index contributed by atoms with van der Waals surface area (Å²) in [5.74, 6) is -12.3. The number of hydrogen-bond donors (Lipinski definition) is 2. The van der Waals surface area contributed by atoms with E-state index in [1.807, 2.05) is 0 Å². The molecule has 52 heavy (non-hydrogen) atoms. The zero-order valence-electron chi connectivity index (χ0n) is 28.3. The van der Waals surface area contributed by atoms with Gasteiger partial charge in [-0.15, -0.1) is 0 Å². The van der Waals surface area contributed by atoms with Crippen molar-refractivity contribution in [2.24, 2.45) is 10.8 Å². The Kier molecular flexibility index (Phi) is 13.4. The molecule has 0 spiro atoms. The summed E-state index contributed by atoms with van der Waals surface area (Å²) in [6.45, 7) is 2.02. The van der Waals surface area contributed by atoms with Gasteiger partial charge in [0.05, 0.1) is 13.2 Å². The second-order valence-corrected chi connectivity index (χ2v) is 13.7. The highest BCUT2D eigenvalue weighted by atomic mass is 79.9. The maximum absolute atomic E-state index is 14.9. The Hall–Kier alpha value is -4.94. The SMILES string of the molecule is CCOC(=O)C(C(=O)OCC)(C(CC(=O)c1ccc(Br)cc1)c1ccccc1)C(C(=O)O)(C(=O)O)C(CC(=O)c1ccc(Br)cc1)c1ccccc1. The second kappa shape index (κ2) is 17.5. The number of carbonyl (C=O) groups excluding carboxylic acids is 4. The molecule has 0 saturated carbocycles. The predicted octanol–water partition coefficient (Wildman–Crippen LogP) is 7.89. The molecular weight excluding hydrogens is 800 g/mol. The molecule has 0 aliphatic heterocycles. The molecule has 0 saturated heterocycles. The average molecular weight is 837 g/mol. The molecule has 4 rings (SSSR count).